The molecule has 28 heavy (non-hydrogen) atoms. The van der Waals surface area contributed by atoms with Gasteiger partial charge in [-0.1, -0.05) is 73.4 Å². The molecule has 0 spiro atoms. The lowest BCUT2D eigenvalue weighted by Gasteiger charge is -2.19. The zero-order valence-corrected chi connectivity index (χ0v) is 16.3. The Hall–Kier alpha value is -3.26. The number of nitrogens with zero attached hydrogens (tertiary/aromatic N) is 1. The van der Waals surface area contributed by atoms with Crippen LogP contribution in [-0.2, 0) is 0 Å². The van der Waals surface area contributed by atoms with Crippen LogP contribution in [0.5, 0.6) is 0 Å². The molecule has 1 aromatic heterocycles. The summed E-state index contributed by atoms with van der Waals surface area (Å²) in [4.78, 5) is 2.28. The summed E-state index contributed by atoms with van der Waals surface area (Å²) in [5.41, 5.74) is 5.59. The van der Waals surface area contributed by atoms with E-state index >= 15 is 0 Å². The highest BCUT2D eigenvalue weighted by Crippen LogP contribution is 2.35. The van der Waals surface area contributed by atoms with E-state index < -0.39 is 0 Å². The third-order valence-corrected chi connectivity index (χ3v) is 5.18. The molecule has 0 saturated carbocycles. The average Bonchev–Trinajstić information content (AvgIpc) is 2.93. The van der Waals surface area contributed by atoms with Crippen LogP contribution in [0.2, 0.25) is 0 Å². The zero-order chi connectivity index (χ0) is 19.3. The predicted octanol–water partition coefficient (Wildman–Crippen LogP) is 6.88. The second-order valence-corrected chi connectivity index (χ2v) is 7.04. The maximum Gasteiger partial charge on any atom is 0.142 e. The first kappa shape index (κ1) is 18.1. The smallest absolute Gasteiger partial charge is 0.142 e. The number of hydrogen-bond acceptors (Lipinski definition) is 2. The van der Waals surface area contributed by atoms with Gasteiger partial charge in [-0.25, -0.2) is 0 Å². The first-order valence-electron chi connectivity index (χ1n) is 9.74. The van der Waals surface area contributed by atoms with Crippen molar-refractivity contribution in [3.63, 3.8) is 0 Å². The largest absolute Gasteiger partial charge is 0.455 e. The summed E-state index contributed by atoms with van der Waals surface area (Å²) < 4.78 is 6.22. The number of furan rings is 1. The van der Waals surface area contributed by atoms with E-state index in [2.05, 4.69) is 79.2 Å². The molecular formula is C26H25NO. The van der Waals surface area contributed by atoms with Gasteiger partial charge in [-0.15, -0.1) is 0 Å². The van der Waals surface area contributed by atoms with Crippen molar-refractivity contribution in [3.8, 4) is 0 Å². The molecule has 0 saturated heterocycles. The molecule has 0 radical (unpaired) electrons. The molecule has 0 N–H and O–H groups in total. The van der Waals surface area contributed by atoms with E-state index in [0.717, 1.165) is 30.6 Å². The topological polar surface area (TPSA) is 16.4 Å². The third kappa shape index (κ3) is 3.59. The van der Waals surface area contributed by atoms with Crippen molar-refractivity contribution in [3.05, 3.63) is 103 Å². The fourth-order valence-electron chi connectivity index (χ4n) is 3.66. The second kappa shape index (κ2) is 8.18. The molecule has 3 aromatic rings. The van der Waals surface area contributed by atoms with Gasteiger partial charge >= 0.3 is 0 Å². The van der Waals surface area contributed by atoms with Gasteiger partial charge in [-0.2, -0.15) is 0 Å². The van der Waals surface area contributed by atoms with E-state index in [1.807, 2.05) is 24.3 Å². The maximum atomic E-state index is 6.22. The molecule has 1 heterocycles. The highest BCUT2D eigenvalue weighted by atomic mass is 16.3. The molecule has 1 aliphatic carbocycles. The molecular weight excluding hydrogens is 342 g/mol. The highest BCUT2D eigenvalue weighted by molar-refractivity contribution is 6.08. The van der Waals surface area contributed by atoms with Gasteiger partial charge < -0.3 is 9.32 Å². The molecule has 4 rings (SSSR count). The quantitative estimate of drug-likeness (QED) is 0.442. The van der Waals surface area contributed by atoms with E-state index in [9.17, 15) is 0 Å². The predicted molar refractivity (Wildman–Crippen MR) is 120 cm³/mol. The fraction of sp³-hybridized carbons (Fsp3) is 0.154. The van der Waals surface area contributed by atoms with Gasteiger partial charge in [0.05, 0.1) is 0 Å². The van der Waals surface area contributed by atoms with Crippen LogP contribution < -0.4 is 0 Å². The van der Waals surface area contributed by atoms with Crippen LogP contribution in [0, 0.1) is 0 Å². The molecule has 0 fully saturated rings. The molecule has 2 aromatic carbocycles. The molecule has 1 aliphatic rings. The molecule has 0 amide bonds. The second-order valence-electron chi connectivity index (χ2n) is 7.04. The Morgan fingerprint density at radius 2 is 1.93 bits per heavy atom. The average molecular weight is 367 g/mol. The van der Waals surface area contributed by atoms with Crippen LogP contribution in [-0.4, -0.2) is 18.5 Å². The van der Waals surface area contributed by atoms with Gasteiger partial charge in [0.25, 0.3) is 0 Å². The van der Waals surface area contributed by atoms with Gasteiger partial charge in [0, 0.05) is 35.6 Å². The summed E-state index contributed by atoms with van der Waals surface area (Å²) in [6, 6.07) is 14.7. The Bertz CT molecular complexity index is 1120. The lowest BCUT2D eigenvalue weighted by molar-refractivity contribution is 0.439. The Morgan fingerprint density at radius 1 is 1.07 bits per heavy atom. The van der Waals surface area contributed by atoms with Gasteiger partial charge in [-0.3, -0.25) is 0 Å². The number of allylic oxidation sites excluding steroid dienone is 7. The van der Waals surface area contributed by atoms with E-state index in [-0.39, 0.29) is 0 Å². The normalized spacial score (nSPS) is 14.3. The van der Waals surface area contributed by atoms with Crippen molar-refractivity contribution in [1.29, 1.82) is 0 Å². The van der Waals surface area contributed by atoms with Crippen LogP contribution in [0.25, 0.3) is 27.5 Å². The highest BCUT2D eigenvalue weighted by Gasteiger charge is 2.13. The number of rotatable bonds is 6. The van der Waals surface area contributed by atoms with Crippen LogP contribution in [0.3, 0.4) is 0 Å². The Morgan fingerprint density at radius 3 is 2.82 bits per heavy atom. The minimum Gasteiger partial charge on any atom is -0.455 e. The van der Waals surface area contributed by atoms with E-state index in [0.29, 0.717) is 0 Å². The summed E-state index contributed by atoms with van der Waals surface area (Å²) in [7, 11) is 2.14. The first-order valence-corrected chi connectivity index (χ1v) is 9.74. The van der Waals surface area contributed by atoms with Crippen molar-refractivity contribution in [2.45, 2.75) is 12.8 Å². The van der Waals surface area contributed by atoms with Crippen molar-refractivity contribution in [2.75, 3.05) is 13.6 Å². The minimum atomic E-state index is 0.889. The Kier molecular flexibility index (Phi) is 5.29. The van der Waals surface area contributed by atoms with Crippen molar-refractivity contribution < 1.29 is 4.42 Å². The van der Waals surface area contributed by atoms with E-state index in [1.54, 1.807) is 0 Å². The molecule has 140 valence electrons. The summed E-state index contributed by atoms with van der Waals surface area (Å²) in [5, 5.41) is 2.35. The molecule has 0 unspecified atom stereocenters. The Balaban J connectivity index is 1.65. The fourth-order valence-corrected chi connectivity index (χ4v) is 3.66. The Labute approximate surface area is 166 Å². The van der Waals surface area contributed by atoms with Crippen LogP contribution in [0.1, 0.15) is 18.4 Å². The third-order valence-electron chi connectivity index (χ3n) is 5.18. The van der Waals surface area contributed by atoms with Gasteiger partial charge in [0.15, 0.2) is 0 Å². The van der Waals surface area contributed by atoms with E-state index in [1.165, 1.54) is 27.6 Å². The minimum absolute atomic E-state index is 0.889. The SMILES string of the molecule is C=C/C=C\CCN(C)C1=CC=C(c2cccc3c2oc2ccccc23)CC=C1. The lowest BCUT2D eigenvalue weighted by Crippen LogP contribution is -2.17. The number of benzene rings is 2. The first-order chi connectivity index (χ1) is 13.8. The number of para-hydroxylation sites is 2. The van der Waals surface area contributed by atoms with Crippen molar-refractivity contribution >= 4 is 27.5 Å². The summed E-state index contributed by atoms with van der Waals surface area (Å²) in [6.07, 6.45) is 16.7. The number of likely N-dealkylation sites (N-methyl/N-ethyl adjacent to an activating group) is 1. The van der Waals surface area contributed by atoms with Crippen LogP contribution >= 0.6 is 0 Å². The molecule has 2 heteroatoms. The lowest BCUT2D eigenvalue weighted by atomic mass is 10.00. The number of hydrogen-bond donors (Lipinski definition) is 0. The summed E-state index contributed by atoms with van der Waals surface area (Å²) in [6.45, 7) is 4.69. The molecule has 0 aliphatic heterocycles. The standard InChI is InChI=1S/C26H25NO/c1-3-4-5-8-19-27(2)21-12-9-11-20(17-18-21)22-14-10-15-24-23-13-6-7-16-25(23)28-26(22)24/h3-7,9-10,12-18H,1,8,11,19H2,2H3/b5-4-. The van der Waals surface area contributed by atoms with E-state index in [4.69, 9.17) is 4.42 Å². The van der Waals surface area contributed by atoms with Gasteiger partial charge in [-0.05, 0) is 36.6 Å². The molecule has 0 bridgehead atoms. The van der Waals surface area contributed by atoms with Gasteiger partial charge in [0.1, 0.15) is 11.2 Å². The number of fused-ring (bicyclic) bond motifs is 3. The zero-order valence-electron chi connectivity index (χ0n) is 16.3. The van der Waals surface area contributed by atoms with Crippen molar-refractivity contribution in [2.24, 2.45) is 0 Å². The summed E-state index contributed by atoms with van der Waals surface area (Å²) >= 11 is 0. The molecule has 2 nitrogen and oxygen atoms in total. The monoisotopic (exact) mass is 367 g/mol. The summed E-state index contributed by atoms with van der Waals surface area (Å²) in [5.74, 6) is 0. The van der Waals surface area contributed by atoms with Crippen LogP contribution in [0.4, 0.5) is 0 Å². The van der Waals surface area contributed by atoms with Crippen LogP contribution in [0.15, 0.2) is 102 Å². The molecule has 0 atom stereocenters. The maximum absolute atomic E-state index is 6.22. The van der Waals surface area contributed by atoms with Gasteiger partial charge in [0.2, 0.25) is 0 Å². The van der Waals surface area contributed by atoms with Crippen molar-refractivity contribution in [1.82, 2.24) is 4.90 Å².